The highest BCUT2D eigenvalue weighted by molar-refractivity contribution is 7.98. The van der Waals surface area contributed by atoms with Crippen LogP contribution in [0.3, 0.4) is 0 Å². The largest absolute Gasteiger partial charge is 0.226 e. The maximum absolute atomic E-state index is 6.11. The third-order valence-electron chi connectivity index (χ3n) is 4.00. The predicted octanol–water partition coefficient (Wildman–Crippen LogP) is 6.09. The van der Waals surface area contributed by atoms with Gasteiger partial charge in [-0.2, -0.15) is 0 Å². The van der Waals surface area contributed by atoms with Gasteiger partial charge >= 0.3 is 0 Å². The fraction of sp³-hybridized carbons (Fsp3) is 0.294. The zero-order chi connectivity index (χ0) is 16.0. The van der Waals surface area contributed by atoms with E-state index in [2.05, 4.69) is 4.98 Å². The number of thiophene rings is 1. The van der Waals surface area contributed by atoms with Crippen molar-refractivity contribution in [1.29, 1.82) is 0 Å². The fourth-order valence-corrected chi connectivity index (χ4v) is 5.69. The normalized spacial score (nSPS) is 13.7. The standard InChI is InChI=1S/C17H14Cl2N2S2/c1-9-20-16(22-8-10-5-6-12(18)13(19)7-10)15-11-3-2-4-14(11)23-17(15)21-9/h5-7H,2-4,8H2,1H3. The van der Waals surface area contributed by atoms with E-state index in [0.29, 0.717) is 10.0 Å². The Kier molecular flexibility index (Phi) is 4.26. The third kappa shape index (κ3) is 2.98. The van der Waals surface area contributed by atoms with Gasteiger partial charge in [0.15, 0.2) is 0 Å². The Bertz CT molecular complexity index is 905. The molecule has 0 amide bonds. The third-order valence-corrected chi connectivity index (χ3v) is 6.97. The monoisotopic (exact) mass is 380 g/mol. The molecule has 2 heterocycles. The molecule has 3 aromatic rings. The molecule has 0 unspecified atom stereocenters. The van der Waals surface area contributed by atoms with Crippen molar-refractivity contribution in [2.75, 3.05) is 0 Å². The highest BCUT2D eigenvalue weighted by Gasteiger charge is 2.22. The minimum atomic E-state index is 0.594. The maximum atomic E-state index is 6.11. The van der Waals surface area contributed by atoms with E-state index in [0.717, 1.165) is 33.4 Å². The maximum Gasteiger partial charge on any atom is 0.128 e. The minimum Gasteiger partial charge on any atom is -0.226 e. The van der Waals surface area contributed by atoms with Crippen LogP contribution in [0.2, 0.25) is 10.0 Å². The van der Waals surface area contributed by atoms with Crippen LogP contribution >= 0.6 is 46.3 Å². The summed E-state index contributed by atoms with van der Waals surface area (Å²) in [7, 11) is 0. The molecular weight excluding hydrogens is 367 g/mol. The fourth-order valence-electron chi connectivity index (χ4n) is 2.95. The number of benzene rings is 1. The van der Waals surface area contributed by atoms with Crippen LogP contribution in [0.5, 0.6) is 0 Å². The van der Waals surface area contributed by atoms with Gasteiger partial charge in [-0.05, 0) is 49.4 Å². The van der Waals surface area contributed by atoms with Crippen molar-refractivity contribution >= 4 is 56.5 Å². The molecule has 2 aromatic heterocycles. The Morgan fingerprint density at radius 3 is 2.87 bits per heavy atom. The number of rotatable bonds is 3. The lowest BCUT2D eigenvalue weighted by Gasteiger charge is -2.06. The summed E-state index contributed by atoms with van der Waals surface area (Å²) in [5.41, 5.74) is 2.63. The van der Waals surface area contributed by atoms with E-state index in [1.54, 1.807) is 11.8 Å². The van der Waals surface area contributed by atoms with E-state index in [1.807, 2.05) is 36.5 Å². The van der Waals surface area contributed by atoms with Gasteiger partial charge in [-0.1, -0.05) is 29.3 Å². The number of hydrogen-bond donors (Lipinski definition) is 0. The Morgan fingerprint density at radius 2 is 2.04 bits per heavy atom. The Morgan fingerprint density at radius 1 is 1.17 bits per heavy atom. The van der Waals surface area contributed by atoms with Gasteiger partial charge in [-0.3, -0.25) is 0 Å². The molecule has 0 aliphatic heterocycles. The summed E-state index contributed by atoms with van der Waals surface area (Å²) in [6.45, 7) is 1.97. The highest BCUT2D eigenvalue weighted by atomic mass is 35.5. The molecule has 1 aliphatic rings. The van der Waals surface area contributed by atoms with Gasteiger partial charge in [0.2, 0.25) is 0 Å². The van der Waals surface area contributed by atoms with Gasteiger partial charge < -0.3 is 0 Å². The van der Waals surface area contributed by atoms with Gasteiger partial charge in [0.05, 0.1) is 10.0 Å². The molecule has 1 aromatic carbocycles. The molecule has 0 atom stereocenters. The van der Waals surface area contributed by atoms with Crippen LogP contribution in [0.25, 0.3) is 10.2 Å². The van der Waals surface area contributed by atoms with Gasteiger partial charge in [0.1, 0.15) is 15.7 Å². The number of thioether (sulfide) groups is 1. The second-order valence-corrected chi connectivity index (χ2v) is 8.51. The number of nitrogens with zero attached hydrogens (tertiary/aromatic N) is 2. The van der Waals surface area contributed by atoms with Crippen molar-refractivity contribution in [1.82, 2.24) is 9.97 Å². The van der Waals surface area contributed by atoms with Crippen molar-refractivity contribution in [3.63, 3.8) is 0 Å². The topological polar surface area (TPSA) is 25.8 Å². The number of aryl methyl sites for hydroxylation is 3. The summed E-state index contributed by atoms with van der Waals surface area (Å²) in [6.07, 6.45) is 3.59. The van der Waals surface area contributed by atoms with Crippen molar-refractivity contribution < 1.29 is 0 Å². The molecule has 0 spiro atoms. The minimum absolute atomic E-state index is 0.594. The summed E-state index contributed by atoms with van der Waals surface area (Å²) in [5, 5.41) is 3.57. The second kappa shape index (κ2) is 6.25. The van der Waals surface area contributed by atoms with E-state index >= 15 is 0 Å². The van der Waals surface area contributed by atoms with Gasteiger partial charge in [-0.25, -0.2) is 9.97 Å². The Balaban J connectivity index is 1.69. The molecule has 0 bridgehead atoms. The molecule has 0 fully saturated rings. The van der Waals surface area contributed by atoms with Crippen LogP contribution < -0.4 is 0 Å². The molecule has 2 nitrogen and oxygen atoms in total. The SMILES string of the molecule is Cc1nc(SCc2ccc(Cl)c(Cl)c2)c2c3c(sc2n1)CCC3. The van der Waals surface area contributed by atoms with Crippen LogP contribution in [0, 0.1) is 6.92 Å². The zero-order valence-electron chi connectivity index (χ0n) is 12.5. The lowest BCUT2D eigenvalue weighted by molar-refractivity contribution is 0.914. The van der Waals surface area contributed by atoms with Crippen LogP contribution in [-0.2, 0) is 18.6 Å². The zero-order valence-corrected chi connectivity index (χ0v) is 15.7. The quantitative estimate of drug-likeness (QED) is 0.406. The van der Waals surface area contributed by atoms with Crippen molar-refractivity contribution in [3.8, 4) is 0 Å². The smallest absolute Gasteiger partial charge is 0.128 e. The van der Waals surface area contributed by atoms with E-state index in [4.69, 9.17) is 28.2 Å². The van der Waals surface area contributed by atoms with Crippen molar-refractivity contribution in [2.24, 2.45) is 0 Å². The van der Waals surface area contributed by atoms with Crippen molar-refractivity contribution in [2.45, 2.75) is 37.0 Å². The second-order valence-electron chi connectivity index (χ2n) is 5.65. The molecule has 0 saturated heterocycles. The molecule has 6 heteroatoms. The lowest BCUT2D eigenvalue weighted by atomic mass is 10.2. The first-order chi connectivity index (χ1) is 11.1. The van der Waals surface area contributed by atoms with Crippen LogP contribution in [0.1, 0.15) is 28.2 Å². The summed E-state index contributed by atoms with van der Waals surface area (Å²) in [6, 6.07) is 5.80. The molecule has 0 N–H and O–H groups in total. The summed E-state index contributed by atoms with van der Waals surface area (Å²) in [4.78, 5) is 12.0. The average molecular weight is 381 g/mol. The van der Waals surface area contributed by atoms with Gasteiger partial charge in [-0.15, -0.1) is 23.1 Å². The first-order valence-corrected chi connectivity index (χ1v) is 10.0. The molecule has 1 aliphatic carbocycles. The van der Waals surface area contributed by atoms with Crippen molar-refractivity contribution in [3.05, 3.63) is 50.1 Å². The number of halogens is 2. The van der Waals surface area contributed by atoms with E-state index < -0.39 is 0 Å². The Labute approximate surface area is 153 Å². The van der Waals surface area contributed by atoms with E-state index in [-0.39, 0.29) is 0 Å². The summed E-state index contributed by atoms with van der Waals surface area (Å²) in [5.74, 6) is 1.67. The molecule has 118 valence electrons. The van der Waals surface area contributed by atoms with E-state index in [9.17, 15) is 0 Å². The average Bonchev–Trinajstić information content (AvgIpc) is 3.08. The van der Waals surface area contributed by atoms with Crippen LogP contribution in [0.4, 0.5) is 0 Å². The van der Waals surface area contributed by atoms with Gasteiger partial charge in [0, 0.05) is 16.0 Å². The molecule has 4 rings (SSSR count). The number of fused-ring (bicyclic) bond motifs is 3. The van der Waals surface area contributed by atoms with Crippen LogP contribution in [-0.4, -0.2) is 9.97 Å². The first kappa shape index (κ1) is 15.7. The highest BCUT2D eigenvalue weighted by Crippen LogP contribution is 2.41. The number of hydrogen-bond acceptors (Lipinski definition) is 4. The molecular formula is C17H14Cl2N2S2. The van der Waals surface area contributed by atoms with Gasteiger partial charge in [0.25, 0.3) is 0 Å². The molecule has 0 radical (unpaired) electrons. The van der Waals surface area contributed by atoms with Crippen LogP contribution in [0.15, 0.2) is 23.2 Å². The Hall–Kier alpha value is -0.810. The summed E-state index contributed by atoms with van der Waals surface area (Å²) >= 11 is 15.7. The molecule has 0 saturated carbocycles. The molecule has 23 heavy (non-hydrogen) atoms. The lowest BCUT2D eigenvalue weighted by Crippen LogP contribution is -1.93. The van der Waals surface area contributed by atoms with E-state index in [1.165, 1.54) is 28.7 Å². The summed E-state index contributed by atoms with van der Waals surface area (Å²) < 4.78 is 0. The first-order valence-electron chi connectivity index (χ1n) is 7.47. The predicted molar refractivity (Wildman–Crippen MR) is 100 cm³/mol. The number of aromatic nitrogens is 2.